The maximum atomic E-state index is 12.9. The van der Waals surface area contributed by atoms with E-state index in [0.29, 0.717) is 16.8 Å². The Labute approximate surface area is 194 Å². The molecule has 3 aromatic heterocycles. The Morgan fingerprint density at radius 3 is 2.69 bits per heavy atom. The summed E-state index contributed by atoms with van der Waals surface area (Å²) in [6.45, 7) is 4.47. The van der Waals surface area contributed by atoms with E-state index < -0.39 is 0 Å². The van der Waals surface area contributed by atoms with Crippen LogP contribution in [-0.4, -0.2) is 36.9 Å². The van der Waals surface area contributed by atoms with Crippen LogP contribution in [0.4, 0.5) is 0 Å². The zero-order valence-corrected chi connectivity index (χ0v) is 19.4. The second-order valence-corrected chi connectivity index (χ2v) is 9.25. The van der Waals surface area contributed by atoms with Crippen molar-refractivity contribution in [2.75, 3.05) is 11.2 Å². The summed E-state index contributed by atoms with van der Waals surface area (Å²) in [5.41, 5.74) is 5.52. The number of carbonyl (C=O) groups excluding carboxylic acids is 2. The van der Waals surface area contributed by atoms with Crippen molar-refractivity contribution in [3.05, 3.63) is 87.6 Å². The van der Waals surface area contributed by atoms with Gasteiger partial charge >= 0.3 is 0 Å². The van der Waals surface area contributed by atoms with E-state index in [9.17, 15) is 9.59 Å². The molecule has 0 fully saturated rings. The highest BCUT2D eigenvalue weighted by atomic mass is 32.2. The first-order chi connectivity index (χ1) is 15.5. The lowest BCUT2D eigenvalue weighted by Crippen LogP contribution is -2.25. The summed E-state index contributed by atoms with van der Waals surface area (Å²) >= 11 is 3.10. The first-order valence-electron chi connectivity index (χ1n) is 10.1. The number of thioether (sulfide) groups is 1. The first kappa shape index (κ1) is 22.0. The summed E-state index contributed by atoms with van der Waals surface area (Å²) in [4.78, 5) is 26.8. The molecule has 0 saturated carbocycles. The number of aromatic nitrogens is 4. The molecule has 0 atom stereocenters. The fraction of sp³-hybridized carbons (Fsp3) is 0.217. The smallest absolute Gasteiger partial charge is 0.270 e. The van der Waals surface area contributed by atoms with Crippen molar-refractivity contribution in [2.45, 2.75) is 32.0 Å². The Bertz CT molecular complexity index is 1210. The molecule has 4 rings (SSSR count). The number of amides is 1. The van der Waals surface area contributed by atoms with Gasteiger partial charge in [-0.1, -0.05) is 36.0 Å². The summed E-state index contributed by atoms with van der Waals surface area (Å²) in [7, 11) is 0. The van der Waals surface area contributed by atoms with E-state index in [2.05, 4.69) is 27.1 Å². The number of hydrogen-bond donors (Lipinski definition) is 1. The molecule has 0 aliphatic heterocycles. The van der Waals surface area contributed by atoms with Gasteiger partial charge in [0.25, 0.3) is 5.91 Å². The topological polar surface area (TPSA) is 81.8 Å². The average Bonchev–Trinajstić information content (AvgIpc) is 3.54. The molecule has 3 heterocycles. The van der Waals surface area contributed by atoms with Gasteiger partial charge in [-0.2, -0.15) is 0 Å². The number of benzene rings is 1. The Kier molecular flexibility index (Phi) is 6.87. The Hall–Kier alpha value is -3.17. The van der Waals surface area contributed by atoms with E-state index in [1.165, 1.54) is 16.6 Å². The number of rotatable bonds is 9. The van der Waals surface area contributed by atoms with Gasteiger partial charge in [0.05, 0.1) is 5.75 Å². The molecule has 32 heavy (non-hydrogen) atoms. The van der Waals surface area contributed by atoms with Crippen LogP contribution in [0, 0.1) is 13.8 Å². The third-order valence-electron chi connectivity index (χ3n) is 5.07. The van der Waals surface area contributed by atoms with Crippen molar-refractivity contribution in [2.24, 2.45) is 0 Å². The van der Waals surface area contributed by atoms with Gasteiger partial charge in [0.1, 0.15) is 6.33 Å². The molecule has 9 heteroatoms. The van der Waals surface area contributed by atoms with Crippen molar-refractivity contribution >= 4 is 34.8 Å². The lowest BCUT2D eigenvalue weighted by molar-refractivity contribution is 0.0999. The van der Waals surface area contributed by atoms with E-state index in [-0.39, 0.29) is 17.4 Å². The van der Waals surface area contributed by atoms with Gasteiger partial charge in [0.15, 0.2) is 10.9 Å². The number of Topliss-reactive ketones (excluding diaryl/α,β-unsaturated/α-hetero) is 1. The second kappa shape index (κ2) is 9.97. The van der Waals surface area contributed by atoms with Gasteiger partial charge in [-0.3, -0.25) is 19.7 Å². The minimum atomic E-state index is -0.223. The quantitative estimate of drug-likeness (QED) is 0.293. The molecule has 0 unspecified atom stereocenters. The molecule has 0 spiro atoms. The molecule has 0 aliphatic carbocycles. The minimum absolute atomic E-state index is 0.0175. The normalized spacial score (nSPS) is 10.9. The summed E-state index contributed by atoms with van der Waals surface area (Å²) < 4.78 is 3.64. The third kappa shape index (κ3) is 5.00. The third-order valence-corrected chi connectivity index (χ3v) is 6.99. The fourth-order valence-corrected chi connectivity index (χ4v) is 4.90. The van der Waals surface area contributed by atoms with Crippen LogP contribution in [-0.2, 0) is 13.0 Å². The van der Waals surface area contributed by atoms with Crippen LogP contribution in [0.2, 0.25) is 0 Å². The van der Waals surface area contributed by atoms with E-state index in [0.717, 1.165) is 23.8 Å². The zero-order valence-electron chi connectivity index (χ0n) is 17.8. The Morgan fingerprint density at radius 2 is 1.94 bits per heavy atom. The highest BCUT2D eigenvalue weighted by Gasteiger charge is 2.19. The molecule has 164 valence electrons. The van der Waals surface area contributed by atoms with Crippen LogP contribution in [0.25, 0.3) is 0 Å². The number of aryl methyl sites for hydroxylation is 3. The van der Waals surface area contributed by atoms with Crippen LogP contribution >= 0.6 is 23.1 Å². The highest BCUT2D eigenvalue weighted by molar-refractivity contribution is 7.99. The van der Waals surface area contributed by atoms with E-state index >= 15 is 0 Å². The molecule has 1 aromatic carbocycles. The predicted molar refractivity (Wildman–Crippen MR) is 127 cm³/mol. The summed E-state index contributed by atoms with van der Waals surface area (Å²) in [6.07, 6.45) is 2.60. The Balaban J connectivity index is 1.40. The average molecular weight is 466 g/mol. The van der Waals surface area contributed by atoms with Gasteiger partial charge in [0, 0.05) is 33.9 Å². The molecular formula is C23H23N5O2S2. The minimum Gasteiger partial charge on any atom is -0.308 e. The van der Waals surface area contributed by atoms with E-state index in [1.54, 1.807) is 34.5 Å². The molecule has 0 aliphatic rings. The van der Waals surface area contributed by atoms with Gasteiger partial charge < -0.3 is 4.57 Å². The maximum absolute atomic E-state index is 12.9. The van der Waals surface area contributed by atoms with Gasteiger partial charge in [-0.25, -0.2) is 0 Å². The monoisotopic (exact) mass is 465 g/mol. The molecule has 0 saturated heterocycles. The number of ketones is 1. The molecule has 0 radical (unpaired) electrons. The van der Waals surface area contributed by atoms with Crippen molar-refractivity contribution in [1.82, 2.24) is 19.4 Å². The highest BCUT2D eigenvalue weighted by Crippen LogP contribution is 2.21. The Morgan fingerprint density at radius 1 is 1.12 bits per heavy atom. The largest absolute Gasteiger partial charge is 0.308 e. The van der Waals surface area contributed by atoms with Crippen LogP contribution in [0.5, 0.6) is 0 Å². The molecule has 4 aromatic rings. The zero-order chi connectivity index (χ0) is 22.5. The van der Waals surface area contributed by atoms with Crippen molar-refractivity contribution < 1.29 is 9.59 Å². The number of hydrogen-bond acceptors (Lipinski definition) is 6. The molecular weight excluding hydrogens is 442 g/mol. The summed E-state index contributed by atoms with van der Waals surface area (Å²) in [5, 5.41) is 11.0. The number of nitrogens with zero attached hydrogens (tertiary/aromatic N) is 4. The van der Waals surface area contributed by atoms with Crippen molar-refractivity contribution in [3.8, 4) is 0 Å². The van der Waals surface area contributed by atoms with Crippen LogP contribution in [0.3, 0.4) is 0 Å². The van der Waals surface area contributed by atoms with Crippen LogP contribution in [0.1, 0.15) is 37.0 Å². The first-order valence-corrected chi connectivity index (χ1v) is 12.0. The lowest BCUT2D eigenvalue weighted by atomic mass is 10.2. The van der Waals surface area contributed by atoms with E-state index in [1.807, 2.05) is 48.7 Å². The van der Waals surface area contributed by atoms with Crippen LogP contribution in [0.15, 0.2) is 65.4 Å². The van der Waals surface area contributed by atoms with Gasteiger partial charge in [-0.05, 0) is 49.9 Å². The van der Waals surface area contributed by atoms with Gasteiger partial charge in [-0.15, -0.1) is 21.5 Å². The molecule has 1 N–H and O–H groups in total. The van der Waals surface area contributed by atoms with Crippen molar-refractivity contribution in [1.29, 1.82) is 0 Å². The second-order valence-electron chi connectivity index (χ2n) is 7.28. The maximum Gasteiger partial charge on any atom is 0.270 e. The van der Waals surface area contributed by atoms with Crippen molar-refractivity contribution in [3.63, 3.8) is 0 Å². The predicted octanol–water partition coefficient (Wildman–Crippen LogP) is 4.36. The number of carbonyl (C=O) groups is 2. The molecule has 7 nitrogen and oxygen atoms in total. The SMILES string of the molecule is Cc1cc(C(=O)CSc2nncn2CCc2cccs2)c(C)n1NC(=O)c1ccccc1. The van der Waals surface area contributed by atoms with Gasteiger partial charge in [0.2, 0.25) is 0 Å². The van der Waals surface area contributed by atoms with E-state index in [4.69, 9.17) is 0 Å². The lowest BCUT2D eigenvalue weighted by Gasteiger charge is -2.11. The number of nitrogens with one attached hydrogen (secondary N) is 1. The molecule has 1 amide bonds. The fourth-order valence-electron chi connectivity index (χ4n) is 3.38. The standard InChI is InChI=1S/C23H23N5O2S2/c1-16-13-20(17(2)28(16)26-22(30)18-7-4-3-5-8-18)21(29)14-32-23-25-24-15-27(23)11-10-19-9-6-12-31-19/h3-9,12-13,15H,10-11,14H2,1-2H3,(H,26,30). The number of thiophene rings is 1. The van der Waals surface area contributed by atoms with Crippen LogP contribution < -0.4 is 5.43 Å². The molecule has 0 bridgehead atoms. The summed E-state index contributed by atoms with van der Waals surface area (Å²) in [5.74, 6) is 0.00460. The summed E-state index contributed by atoms with van der Waals surface area (Å²) in [6, 6.07) is 15.0.